The fourth-order valence-electron chi connectivity index (χ4n) is 1.20. The second-order valence-electron chi connectivity index (χ2n) is 3.43. The minimum atomic E-state index is 0.760. The van der Waals surface area contributed by atoms with Crippen molar-refractivity contribution >= 4 is 11.4 Å². The van der Waals surface area contributed by atoms with E-state index in [9.17, 15) is 0 Å². The van der Waals surface area contributed by atoms with Gasteiger partial charge in [0, 0.05) is 6.20 Å². The number of hydrogen-bond acceptors (Lipinski definition) is 2. The lowest BCUT2D eigenvalue weighted by Gasteiger charge is -2.03. The normalized spacial score (nSPS) is 11.5. The SMILES string of the molecule is C=C/C=C\C(=N\c1cccnc1C)C(=C)C=C. The van der Waals surface area contributed by atoms with Crippen LogP contribution in [0.5, 0.6) is 0 Å². The Kier molecular flexibility index (Phi) is 4.82. The third kappa shape index (κ3) is 3.68. The number of pyridine rings is 1. The summed E-state index contributed by atoms with van der Waals surface area (Å²) >= 11 is 0. The van der Waals surface area contributed by atoms with Gasteiger partial charge in [-0.2, -0.15) is 0 Å². The zero-order chi connectivity index (χ0) is 12.7. The predicted molar refractivity (Wildman–Crippen MR) is 74.7 cm³/mol. The van der Waals surface area contributed by atoms with Crippen LogP contribution in [0.2, 0.25) is 0 Å². The first-order valence-electron chi connectivity index (χ1n) is 5.30. The van der Waals surface area contributed by atoms with Gasteiger partial charge in [-0.25, -0.2) is 4.99 Å². The third-order valence-electron chi connectivity index (χ3n) is 2.19. The molecule has 0 saturated heterocycles. The maximum absolute atomic E-state index is 4.52. The molecule has 0 aliphatic rings. The van der Waals surface area contributed by atoms with Gasteiger partial charge in [0.1, 0.15) is 0 Å². The number of aromatic nitrogens is 1. The van der Waals surface area contributed by atoms with Crippen molar-refractivity contribution in [3.05, 3.63) is 73.6 Å². The molecule has 0 atom stereocenters. The molecule has 1 aromatic heterocycles. The van der Waals surface area contributed by atoms with E-state index in [0.717, 1.165) is 22.7 Å². The van der Waals surface area contributed by atoms with Crippen molar-refractivity contribution in [2.75, 3.05) is 0 Å². The third-order valence-corrected chi connectivity index (χ3v) is 2.19. The van der Waals surface area contributed by atoms with Gasteiger partial charge in [0.15, 0.2) is 0 Å². The Labute approximate surface area is 102 Å². The molecule has 0 aromatic carbocycles. The van der Waals surface area contributed by atoms with E-state index in [2.05, 4.69) is 29.7 Å². The number of aliphatic imine (C=N–C) groups is 1. The molecule has 0 aliphatic heterocycles. The molecule has 1 aromatic rings. The van der Waals surface area contributed by atoms with Gasteiger partial charge in [0.25, 0.3) is 0 Å². The molecule has 0 aliphatic carbocycles. The van der Waals surface area contributed by atoms with Crippen LogP contribution >= 0.6 is 0 Å². The molecule has 0 saturated carbocycles. The van der Waals surface area contributed by atoms with Crippen LogP contribution < -0.4 is 0 Å². The van der Waals surface area contributed by atoms with E-state index in [0.29, 0.717) is 0 Å². The van der Waals surface area contributed by atoms with Crippen LogP contribution in [0, 0.1) is 6.92 Å². The molecule has 2 nitrogen and oxygen atoms in total. The summed E-state index contributed by atoms with van der Waals surface area (Å²) in [6, 6.07) is 3.78. The van der Waals surface area contributed by atoms with Crippen LogP contribution in [-0.4, -0.2) is 10.7 Å². The van der Waals surface area contributed by atoms with Crippen LogP contribution in [0.3, 0.4) is 0 Å². The summed E-state index contributed by atoms with van der Waals surface area (Å²) in [6.07, 6.45) is 8.79. The minimum absolute atomic E-state index is 0.760. The van der Waals surface area contributed by atoms with Crippen molar-refractivity contribution in [1.82, 2.24) is 4.98 Å². The van der Waals surface area contributed by atoms with Crippen LogP contribution in [-0.2, 0) is 0 Å². The zero-order valence-corrected chi connectivity index (χ0v) is 10.1. The minimum Gasteiger partial charge on any atom is -0.259 e. The lowest BCUT2D eigenvalue weighted by Crippen LogP contribution is -1.95. The molecule has 0 radical (unpaired) electrons. The van der Waals surface area contributed by atoms with Crippen molar-refractivity contribution in [3.8, 4) is 0 Å². The first-order valence-corrected chi connectivity index (χ1v) is 5.30. The molecule has 0 fully saturated rings. The van der Waals surface area contributed by atoms with Gasteiger partial charge >= 0.3 is 0 Å². The fourth-order valence-corrected chi connectivity index (χ4v) is 1.20. The molecule has 0 amide bonds. The van der Waals surface area contributed by atoms with Crippen LogP contribution in [0.15, 0.2) is 72.9 Å². The molecule has 86 valence electrons. The largest absolute Gasteiger partial charge is 0.259 e. The summed E-state index contributed by atoms with van der Waals surface area (Å²) in [5, 5.41) is 0. The highest BCUT2D eigenvalue weighted by molar-refractivity contribution is 6.11. The van der Waals surface area contributed by atoms with Crippen LogP contribution in [0.25, 0.3) is 0 Å². The van der Waals surface area contributed by atoms with Crippen molar-refractivity contribution in [1.29, 1.82) is 0 Å². The van der Waals surface area contributed by atoms with Crippen molar-refractivity contribution in [2.45, 2.75) is 6.92 Å². The van der Waals surface area contributed by atoms with E-state index in [1.807, 2.05) is 31.2 Å². The first kappa shape index (κ1) is 12.8. The molecule has 0 bridgehead atoms. The maximum Gasteiger partial charge on any atom is 0.0849 e. The average Bonchev–Trinajstić information content (AvgIpc) is 2.35. The second-order valence-corrected chi connectivity index (χ2v) is 3.43. The van der Waals surface area contributed by atoms with Crippen LogP contribution in [0.4, 0.5) is 5.69 Å². The number of hydrogen-bond donors (Lipinski definition) is 0. The molecular formula is C15H16N2. The summed E-state index contributed by atoms with van der Waals surface area (Å²) in [7, 11) is 0. The highest BCUT2D eigenvalue weighted by Gasteiger charge is 2.00. The van der Waals surface area contributed by atoms with E-state index >= 15 is 0 Å². The standard InChI is InChI=1S/C15H16N2/c1-5-7-9-14(12(3)6-2)17-15-10-8-11-16-13(15)4/h5-11H,1-3H2,4H3/b9-7-,17-14-. The van der Waals surface area contributed by atoms with Crippen molar-refractivity contribution < 1.29 is 0 Å². The lowest BCUT2D eigenvalue weighted by atomic mass is 10.1. The molecule has 0 unspecified atom stereocenters. The maximum atomic E-state index is 4.52. The molecule has 1 rings (SSSR count). The summed E-state index contributed by atoms with van der Waals surface area (Å²) < 4.78 is 0. The summed E-state index contributed by atoms with van der Waals surface area (Å²) in [5.41, 5.74) is 3.25. The molecule has 17 heavy (non-hydrogen) atoms. The van der Waals surface area contributed by atoms with Gasteiger partial charge in [0.2, 0.25) is 0 Å². The molecule has 0 N–H and O–H groups in total. The Morgan fingerprint density at radius 3 is 2.76 bits per heavy atom. The molecule has 0 spiro atoms. The Bertz CT molecular complexity index is 493. The number of allylic oxidation sites excluding steroid dienone is 5. The van der Waals surface area contributed by atoms with Gasteiger partial charge in [0.05, 0.1) is 17.1 Å². The Balaban J connectivity index is 3.18. The molecular weight excluding hydrogens is 208 g/mol. The Morgan fingerprint density at radius 1 is 1.41 bits per heavy atom. The van der Waals surface area contributed by atoms with E-state index in [-0.39, 0.29) is 0 Å². The zero-order valence-electron chi connectivity index (χ0n) is 10.1. The predicted octanol–water partition coefficient (Wildman–Crippen LogP) is 3.95. The Hall–Kier alpha value is -2.22. The van der Waals surface area contributed by atoms with Gasteiger partial charge in [-0.3, -0.25) is 4.98 Å². The lowest BCUT2D eigenvalue weighted by molar-refractivity contribution is 1.19. The van der Waals surface area contributed by atoms with Gasteiger partial charge in [-0.15, -0.1) is 0 Å². The van der Waals surface area contributed by atoms with Crippen molar-refractivity contribution in [3.63, 3.8) is 0 Å². The highest BCUT2D eigenvalue weighted by Crippen LogP contribution is 2.17. The topological polar surface area (TPSA) is 25.2 Å². The van der Waals surface area contributed by atoms with Gasteiger partial charge < -0.3 is 0 Å². The second kappa shape index (κ2) is 6.38. The van der Waals surface area contributed by atoms with Gasteiger partial charge in [-0.1, -0.05) is 38.0 Å². The van der Waals surface area contributed by atoms with Crippen molar-refractivity contribution in [2.24, 2.45) is 4.99 Å². The summed E-state index contributed by atoms with van der Waals surface area (Å²) in [6.45, 7) is 13.1. The monoisotopic (exact) mass is 224 g/mol. The van der Waals surface area contributed by atoms with E-state index in [1.54, 1.807) is 18.3 Å². The van der Waals surface area contributed by atoms with Crippen LogP contribution in [0.1, 0.15) is 5.69 Å². The van der Waals surface area contributed by atoms with Gasteiger partial charge in [-0.05, 0) is 30.7 Å². The summed E-state index contributed by atoms with van der Waals surface area (Å²) in [5.74, 6) is 0. The molecule has 2 heteroatoms. The number of nitrogens with zero attached hydrogens (tertiary/aromatic N) is 2. The van der Waals surface area contributed by atoms with E-state index < -0.39 is 0 Å². The number of aryl methyl sites for hydroxylation is 1. The summed E-state index contributed by atoms with van der Waals surface area (Å²) in [4.78, 5) is 8.71. The smallest absolute Gasteiger partial charge is 0.0849 e. The first-order chi connectivity index (χ1) is 8.19. The van der Waals surface area contributed by atoms with E-state index in [1.165, 1.54) is 0 Å². The average molecular weight is 224 g/mol. The fraction of sp³-hybridized carbons (Fsp3) is 0.0667. The van der Waals surface area contributed by atoms with E-state index in [4.69, 9.17) is 0 Å². The molecule has 1 heterocycles. The Morgan fingerprint density at radius 2 is 2.18 bits per heavy atom. The quantitative estimate of drug-likeness (QED) is 0.549. The highest BCUT2D eigenvalue weighted by atomic mass is 14.8. The number of rotatable bonds is 5.